The smallest absolute Gasteiger partial charge is 0.330 e. The second-order valence-electron chi connectivity index (χ2n) is 3.47. The molecule has 0 fully saturated rings. The standard InChI is InChI=1S/C11H13F3N2OS/c12-11(13,14)8-2-1-3-9(6-8)16-10(17)7-18-5-4-15/h1-3,6H,4-5,7,15H2,(H,16,17). The number of hydrogen-bond donors (Lipinski definition) is 2. The van der Waals surface area contributed by atoms with Gasteiger partial charge in [-0.15, -0.1) is 0 Å². The molecule has 18 heavy (non-hydrogen) atoms. The Balaban J connectivity index is 2.60. The lowest BCUT2D eigenvalue weighted by Gasteiger charge is -2.09. The first-order chi connectivity index (χ1) is 8.43. The average Bonchev–Trinajstić information content (AvgIpc) is 2.28. The van der Waals surface area contributed by atoms with Gasteiger partial charge in [0, 0.05) is 18.0 Å². The van der Waals surface area contributed by atoms with Gasteiger partial charge >= 0.3 is 6.18 Å². The first-order valence-corrected chi connectivity index (χ1v) is 6.34. The van der Waals surface area contributed by atoms with Gasteiger partial charge in [-0.3, -0.25) is 4.79 Å². The van der Waals surface area contributed by atoms with E-state index < -0.39 is 11.7 Å². The summed E-state index contributed by atoms with van der Waals surface area (Å²) in [6.45, 7) is 0.460. The molecule has 1 aromatic rings. The number of anilines is 1. The maximum atomic E-state index is 12.4. The second kappa shape index (κ2) is 6.65. The highest BCUT2D eigenvalue weighted by atomic mass is 32.2. The molecule has 7 heteroatoms. The molecule has 3 N–H and O–H groups in total. The minimum Gasteiger partial charge on any atom is -0.330 e. The molecule has 0 heterocycles. The molecule has 0 bridgehead atoms. The maximum Gasteiger partial charge on any atom is 0.416 e. The Morgan fingerprint density at radius 1 is 1.39 bits per heavy atom. The third-order valence-electron chi connectivity index (χ3n) is 1.97. The van der Waals surface area contributed by atoms with Crippen molar-refractivity contribution in [1.29, 1.82) is 0 Å². The first-order valence-electron chi connectivity index (χ1n) is 5.18. The highest BCUT2D eigenvalue weighted by Gasteiger charge is 2.30. The van der Waals surface area contributed by atoms with Gasteiger partial charge in [0.25, 0.3) is 0 Å². The number of alkyl halides is 3. The average molecular weight is 278 g/mol. The van der Waals surface area contributed by atoms with Gasteiger partial charge in [0.15, 0.2) is 0 Å². The van der Waals surface area contributed by atoms with Crippen LogP contribution in [0.2, 0.25) is 0 Å². The van der Waals surface area contributed by atoms with E-state index in [1.807, 2.05) is 0 Å². The predicted molar refractivity (Wildman–Crippen MR) is 66.5 cm³/mol. The lowest BCUT2D eigenvalue weighted by Crippen LogP contribution is -2.16. The maximum absolute atomic E-state index is 12.4. The quantitative estimate of drug-likeness (QED) is 0.813. The van der Waals surface area contributed by atoms with Crippen molar-refractivity contribution in [1.82, 2.24) is 0 Å². The van der Waals surface area contributed by atoms with Gasteiger partial charge in [0.05, 0.1) is 11.3 Å². The number of halogens is 3. The topological polar surface area (TPSA) is 55.1 Å². The zero-order valence-electron chi connectivity index (χ0n) is 9.46. The normalized spacial score (nSPS) is 11.3. The summed E-state index contributed by atoms with van der Waals surface area (Å²) >= 11 is 1.33. The van der Waals surface area contributed by atoms with Crippen LogP contribution in [0.4, 0.5) is 18.9 Å². The molecule has 0 atom stereocenters. The molecule has 100 valence electrons. The summed E-state index contributed by atoms with van der Waals surface area (Å²) in [5.41, 5.74) is 4.62. The van der Waals surface area contributed by atoms with Crippen molar-refractivity contribution in [2.75, 3.05) is 23.4 Å². The summed E-state index contributed by atoms with van der Waals surface area (Å²) in [6.07, 6.45) is -4.41. The number of carbonyl (C=O) groups is 1. The lowest BCUT2D eigenvalue weighted by molar-refractivity contribution is -0.137. The molecule has 1 rings (SSSR count). The van der Waals surface area contributed by atoms with Gasteiger partial charge in [-0.25, -0.2) is 0 Å². The Hall–Kier alpha value is -1.21. The zero-order chi connectivity index (χ0) is 13.6. The van der Waals surface area contributed by atoms with Crippen LogP contribution in [0.15, 0.2) is 24.3 Å². The van der Waals surface area contributed by atoms with Crippen molar-refractivity contribution >= 4 is 23.4 Å². The third kappa shape index (κ3) is 4.97. The molecule has 0 saturated heterocycles. The SMILES string of the molecule is NCCSCC(=O)Nc1cccc(C(F)(F)F)c1. The fourth-order valence-electron chi connectivity index (χ4n) is 1.22. The number of thioether (sulfide) groups is 1. The largest absolute Gasteiger partial charge is 0.416 e. The number of hydrogen-bond acceptors (Lipinski definition) is 3. The molecule has 0 aromatic heterocycles. The number of nitrogens with two attached hydrogens (primary N) is 1. The fraction of sp³-hybridized carbons (Fsp3) is 0.364. The van der Waals surface area contributed by atoms with E-state index in [1.165, 1.54) is 23.9 Å². The summed E-state index contributed by atoms with van der Waals surface area (Å²) in [5.74, 6) is 0.469. The van der Waals surface area contributed by atoms with E-state index in [2.05, 4.69) is 5.32 Å². The molecular weight excluding hydrogens is 265 g/mol. The lowest BCUT2D eigenvalue weighted by atomic mass is 10.2. The van der Waals surface area contributed by atoms with E-state index in [0.29, 0.717) is 12.3 Å². The van der Waals surface area contributed by atoms with E-state index in [0.717, 1.165) is 12.1 Å². The van der Waals surface area contributed by atoms with E-state index in [-0.39, 0.29) is 17.3 Å². The first kappa shape index (κ1) is 14.8. The van der Waals surface area contributed by atoms with Gasteiger partial charge in [0.2, 0.25) is 5.91 Å². The molecular formula is C11H13F3N2OS. The van der Waals surface area contributed by atoms with Crippen molar-refractivity contribution < 1.29 is 18.0 Å². The van der Waals surface area contributed by atoms with Crippen molar-refractivity contribution in [2.24, 2.45) is 5.73 Å². The van der Waals surface area contributed by atoms with Crippen molar-refractivity contribution in [3.05, 3.63) is 29.8 Å². The Kier molecular flexibility index (Phi) is 5.49. The van der Waals surface area contributed by atoms with Gasteiger partial charge in [-0.1, -0.05) is 6.07 Å². The van der Waals surface area contributed by atoms with Crippen LogP contribution >= 0.6 is 11.8 Å². The summed E-state index contributed by atoms with van der Waals surface area (Å²) < 4.78 is 37.3. The van der Waals surface area contributed by atoms with Crippen molar-refractivity contribution in [2.45, 2.75) is 6.18 Å². The summed E-state index contributed by atoms with van der Waals surface area (Å²) in [5, 5.41) is 2.41. The molecule has 0 aliphatic heterocycles. The number of benzene rings is 1. The number of rotatable bonds is 5. The van der Waals surface area contributed by atoms with E-state index in [1.54, 1.807) is 0 Å². The van der Waals surface area contributed by atoms with Crippen LogP contribution in [0.25, 0.3) is 0 Å². The minimum atomic E-state index is -4.41. The molecule has 0 spiro atoms. The van der Waals surface area contributed by atoms with Crippen LogP contribution in [0.1, 0.15) is 5.56 Å². The van der Waals surface area contributed by atoms with Crippen LogP contribution in [-0.4, -0.2) is 24.0 Å². The molecule has 1 aromatic carbocycles. The fourth-order valence-corrected chi connectivity index (χ4v) is 1.79. The monoisotopic (exact) mass is 278 g/mol. The summed E-state index contributed by atoms with van der Waals surface area (Å²) in [4.78, 5) is 11.4. The molecule has 0 unspecified atom stereocenters. The predicted octanol–water partition coefficient (Wildman–Crippen LogP) is 2.34. The Labute approximate surface area is 107 Å². The van der Waals surface area contributed by atoms with Crippen molar-refractivity contribution in [3.8, 4) is 0 Å². The minimum absolute atomic E-state index is 0.142. The highest BCUT2D eigenvalue weighted by Crippen LogP contribution is 2.30. The third-order valence-corrected chi connectivity index (χ3v) is 2.96. The van der Waals surface area contributed by atoms with Crippen LogP contribution in [0, 0.1) is 0 Å². The van der Waals surface area contributed by atoms with Crippen molar-refractivity contribution in [3.63, 3.8) is 0 Å². The molecule has 0 radical (unpaired) electrons. The Morgan fingerprint density at radius 3 is 2.72 bits per heavy atom. The van der Waals surface area contributed by atoms with Gasteiger partial charge in [-0.05, 0) is 18.2 Å². The number of carbonyl (C=O) groups excluding carboxylic acids is 1. The summed E-state index contributed by atoms with van der Waals surface area (Å²) in [6, 6.07) is 4.54. The van der Waals surface area contributed by atoms with E-state index in [9.17, 15) is 18.0 Å². The van der Waals surface area contributed by atoms with E-state index >= 15 is 0 Å². The highest BCUT2D eigenvalue weighted by molar-refractivity contribution is 7.99. The molecule has 0 aliphatic carbocycles. The van der Waals surface area contributed by atoms with Crippen LogP contribution in [0.5, 0.6) is 0 Å². The van der Waals surface area contributed by atoms with E-state index in [4.69, 9.17) is 5.73 Å². The van der Waals surface area contributed by atoms with Crippen LogP contribution in [0.3, 0.4) is 0 Å². The van der Waals surface area contributed by atoms with Crippen LogP contribution in [-0.2, 0) is 11.0 Å². The van der Waals surface area contributed by atoms with Gasteiger partial charge < -0.3 is 11.1 Å². The zero-order valence-corrected chi connectivity index (χ0v) is 10.3. The van der Waals surface area contributed by atoms with Gasteiger partial charge in [0.1, 0.15) is 0 Å². The van der Waals surface area contributed by atoms with Crippen LogP contribution < -0.4 is 11.1 Å². The molecule has 0 saturated carbocycles. The van der Waals surface area contributed by atoms with Gasteiger partial charge in [-0.2, -0.15) is 24.9 Å². The molecule has 3 nitrogen and oxygen atoms in total. The molecule has 1 amide bonds. The Bertz CT molecular complexity index is 410. The number of amides is 1. The molecule has 0 aliphatic rings. The summed E-state index contributed by atoms with van der Waals surface area (Å²) in [7, 11) is 0. The second-order valence-corrected chi connectivity index (χ2v) is 4.57. The number of nitrogens with one attached hydrogen (secondary N) is 1. The Morgan fingerprint density at radius 2 is 2.11 bits per heavy atom.